The first-order valence-corrected chi connectivity index (χ1v) is 8.12. The van der Waals surface area contributed by atoms with Crippen molar-refractivity contribution in [3.8, 4) is 0 Å². The van der Waals surface area contributed by atoms with Crippen molar-refractivity contribution in [2.24, 2.45) is 0 Å². The predicted octanol–water partition coefficient (Wildman–Crippen LogP) is 0.727. The van der Waals surface area contributed by atoms with Crippen LogP contribution < -0.4 is 5.32 Å². The Balaban J connectivity index is 1.71. The van der Waals surface area contributed by atoms with E-state index in [0.29, 0.717) is 31.7 Å². The van der Waals surface area contributed by atoms with Crippen molar-refractivity contribution < 1.29 is 19.4 Å². The van der Waals surface area contributed by atoms with Gasteiger partial charge in [0.2, 0.25) is 5.91 Å². The van der Waals surface area contributed by atoms with Gasteiger partial charge in [-0.1, -0.05) is 35.5 Å². The fraction of sp³-hybridized carbons (Fsp3) is 0.412. The number of nitrogens with zero attached hydrogens (tertiary/aromatic N) is 3. The van der Waals surface area contributed by atoms with Crippen molar-refractivity contribution in [1.82, 2.24) is 20.3 Å². The van der Waals surface area contributed by atoms with E-state index in [1.165, 1.54) is 10.9 Å². The fourth-order valence-electron chi connectivity index (χ4n) is 3.10. The third kappa shape index (κ3) is 3.85. The van der Waals surface area contributed by atoms with Gasteiger partial charge in [-0.3, -0.25) is 9.59 Å². The normalized spacial score (nSPS) is 16.3. The van der Waals surface area contributed by atoms with Crippen LogP contribution in [-0.4, -0.2) is 45.2 Å². The number of carbonyl (C=O) groups excluding carboxylic acids is 1. The zero-order chi connectivity index (χ0) is 17.7. The average Bonchev–Trinajstić information content (AvgIpc) is 3.07. The lowest BCUT2D eigenvalue weighted by Gasteiger charge is -2.36. The number of aromatic nitrogens is 3. The van der Waals surface area contributed by atoms with Gasteiger partial charge in [0, 0.05) is 13.2 Å². The van der Waals surface area contributed by atoms with Crippen molar-refractivity contribution in [3.63, 3.8) is 0 Å². The number of aliphatic carboxylic acids is 1. The Morgan fingerprint density at radius 3 is 2.64 bits per heavy atom. The minimum atomic E-state index is -0.995. The molecule has 132 valence electrons. The standard InChI is InChI=1S/C17H20N4O4/c22-15(23)12-21-11-14(19-20-21)10-18-16(24)17(6-8-25-9-7-17)13-4-2-1-3-5-13/h1-5,11H,6-10,12H2,(H,18,24)(H,22,23). The third-order valence-corrected chi connectivity index (χ3v) is 4.42. The quantitative estimate of drug-likeness (QED) is 0.800. The molecular formula is C17H20N4O4. The highest BCUT2D eigenvalue weighted by atomic mass is 16.5. The molecule has 0 radical (unpaired) electrons. The highest BCUT2D eigenvalue weighted by Crippen LogP contribution is 2.35. The molecule has 0 atom stereocenters. The van der Waals surface area contributed by atoms with Crippen LogP contribution in [0.5, 0.6) is 0 Å². The SMILES string of the molecule is O=C(O)Cn1cc(CNC(=O)C2(c3ccccc3)CCOCC2)nn1. The molecule has 0 aliphatic carbocycles. The summed E-state index contributed by atoms with van der Waals surface area (Å²) in [6, 6.07) is 9.71. The summed E-state index contributed by atoms with van der Waals surface area (Å²) in [6.07, 6.45) is 2.76. The fourth-order valence-corrected chi connectivity index (χ4v) is 3.10. The average molecular weight is 344 g/mol. The Bertz CT molecular complexity index is 738. The number of hydrogen-bond donors (Lipinski definition) is 2. The van der Waals surface area contributed by atoms with Gasteiger partial charge in [0.25, 0.3) is 0 Å². The number of benzene rings is 1. The number of amides is 1. The molecule has 2 heterocycles. The minimum Gasteiger partial charge on any atom is -0.480 e. The van der Waals surface area contributed by atoms with Crippen molar-refractivity contribution in [1.29, 1.82) is 0 Å². The summed E-state index contributed by atoms with van der Waals surface area (Å²) < 4.78 is 6.67. The Labute approximate surface area is 144 Å². The van der Waals surface area contributed by atoms with Crippen molar-refractivity contribution in [3.05, 3.63) is 47.8 Å². The molecule has 3 rings (SSSR count). The molecule has 1 fully saturated rings. The number of ether oxygens (including phenoxy) is 1. The van der Waals surface area contributed by atoms with Crippen molar-refractivity contribution >= 4 is 11.9 Å². The van der Waals surface area contributed by atoms with E-state index in [1.807, 2.05) is 30.3 Å². The molecule has 2 N–H and O–H groups in total. The van der Waals surface area contributed by atoms with Gasteiger partial charge in [-0.25, -0.2) is 4.68 Å². The zero-order valence-electron chi connectivity index (χ0n) is 13.7. The van der Waals surface area contributed by atoms with E-state index in [1.54, 1.807) is 0 Å². The minimum absolute atomic E-state index is 0.0743. The molecule has 2 aromatic rings. The summed E-state index contributed by atoms with van der Waals surface area (Å²) in [6.45, 7) is 1.02. The van der Waals surface area contributed by atoms with E-state index in [-0.39, 0.29) is 19.0 Å². The summed E-state index contributed by atoms with van der Waals surface area (Å²) in [5.74, 6) is -1.07. The number of carbonyl (C=O) groups is 2. The topological polar surface area (TPSA) is 106 Å². The maximum atomic E-state index is 13.0. The summed E-state index contributed by atoms with van der Waals surface area (Å²) in [5, 5.41) is 19.3. The Kier molecular flexibility index (Phi) is 5.08. The highest BCUT2D eigenvalue weighted by Gasteiger charge is 2.41. The molecule has 0 bridgehead atoms. The van der Waals surface area contributed by atoms with Crippen LogP contribution in [-0.2, 0) is 32.8 Å². The van der Waals surface area contributed by atoms with Gasteiger partial charge in [0.15, 0.2) is 0 Å². The molecule has 8 nitrogen and oxygen atoms in total. The molecule has 1 saturated heterocycles. The predicted molar refractivity (Wildman–Crippen MR) is 87.7 cm³/mol. The van der Waals surface area contributed by atoms with Gasteiger partial charge in [-0.05, 0) is 18.4 Å². The van der Waals surface area contributed by atoms with E-state index in [9.17, 15) is 9.59 Å². The van der Waals surface area contributed by atoms with Crippen LogP contribution in [0, 0.1) is 0 Å². The molecule has 1 aliphatic rings. The molecule has 1 aromatic carbocycles. The van der Waals surface area contributed by atoms with E-state index in [0.717, 1.165) is 5.56 Å². The molecule has 0 saturated carbocycles. The van der Waals surface area contributed by atoms with Gasteiger partial charge in [-0.15, -0.1) is 5.10 Å². The molecular weight excluding hydrogens is 324 g/mol. The summed E-state index contributed by atoms with van der Waals surface area (Å²) in [7, 11) is 0. The third-order valence-electron chi connectivity index (χ3n) is 4.42. The zero-order valence-corrected chi connectivity index (χ0v) is 13.7. The number of carboxylic acid groups (broad SMARTS) is 1. The molecule has 8 heteroatoms. The molecule has 1 amide bonds. The first kappa shape index (κ1) is 17.1. The van der Waals surface area contributed by atoms with Crippen LogP contribution in [0.1, 0.15) is 24.1 Å². The lowest BCUT2D eigenvalue weighted by molar-refractivity contribution is -0.138. The summed E-state index contributed by atoms with van der Waals surface area (Å²) in [4.78, 5) is 23.6. The first-order valence-electron chi connectivity index (χ1n) is 8.12. The lowest BCUT2D eigenvalue weighted by Crippen LogP contribution is -2.47. The van der Waals surface area contributed by atoms with Crippen LogP contribution in [0.4, 0.5) is 0 Å². The molecule has 1 aromatic heterocycles. The van der Waals surface area contributed by atoms with E-state index < -0.39 is 11.4 Å². The number of rotatable bonds is 6. The van der Waals surface area contributed by atoms with Crippen LogP contribution >= 0.6 is 0 Å². The Hall–Kier alpha value is -2.74. The Morgan fingerprint density at radius 1 is 1.24 bits per heavy atom. The van der Waals surface area contributed by atoms with E-state index in [2.05, 4.69) is 15.6 Å². The van der Waals surface area contributed by atoms with Crippen molar-refractivity contribution in [2.75, 3.05) is 13.2 Å². The second kappa shape index (κ2) is 7.43. The van der Waals surface area contributed by atoms with Crippen molar-refractivity contribution in [2.45, 2.75) is 31.3 Å². The van der Waals surface area contributed by atoms with Gasteiger partial charge >= 0.3 is 5.97 Å². The summed E-state index contributed by atoms with van der Waals surface area (Å²) >= 11 is 0. The molecule has 0 unspecified atom stereocenters. The molecule has 0 spiro atoms. The van der Waals surface area contributed by atoms with Crippen LogP contribution in [0.25, 0.3) is 0 Å². The van der Waals surface area contributed by atoms with Gasteiger partial charge in [0.05, 0.1) is 18.2 Å². The largest absolute Gasteiger partial charge is 0.480 e. The Morgan fingerprint density at radius 2 is 1.96 bits per heavy atom. The number of hydrogen-bond acceptors (Lipinski definition) is 5. The van der Waals surface area contributed by atoms with Gasteiger partial charge in [0.1, 0.15) is 12.2 Å². The second-order valence-electron chi connectivity index (χ2n) is 6.04. The maximum Gasteiger partial charge on any atom is 0.325 e. The molecule has 25 heavy (non-hydrogen) atoms. The smallest absolute Gasteiger partial charge is 0.325 e. The van der Waals surface area contributed by atoms with Gasteiger partial charge in [-0.2, -0.15) is 0 Å². The second-order valence-corrected chi connectivity index (χ2v) is 6.04. The molecule has 1 aliphatic heterocycles. The van der Waals surface area contributed by atoms with Crippen LogP contribution in [0.15, 0.2) is 36.5 Å². The lowest BCUT2D eigenvalue weighted by atomic mass is 9.73. The maximum absolute atomic E-state index is 13.0. The van der Waals surface area contributed by atoms with Gasteiger partial charge < -0.3 is 15.2 Å². The van der Waals surface area contributed by atoms with Crippen LogP contribution in [0.2, 0.25) is 0 Å². The summed E-state index contributed by atoms with van der Waals surface area (Å²) in [5.41, 5.74) is 0.881. The first-order chi connectivity index (χ1) is 12.1. The monoisotopic (exact) mass is 344 g/mol. The van der Waals surface area contributed by atoms with E-state index in [4.69, 9.17) is 9.84 Å². The number of carboxylic acids is 1. The number of nitrogens with one attached hydrogen (secondary N) is 1. The van der Waals surface area contributed by atoms with E-state index >= 15 is 0 Å². The van der Waals surface area contributed by atoms with Crippen LogP contribution in [0.3, 0.4) is 0 Å². The highest BCUT2D eigenvalue weighted by molar-refractivity contribution is 5.88.